The monoisotopic (exact) mass is 207 g/mol. The quantitative estimate of drug-likeness (QED) is 0.721. The molecule has 2 rings (SSSR count). The molecule has 3 heteroatoms. The summed E-state index contributed by atoms with van der Waals surface area (Å²) in [5.74, 6) is 0.0220. The van der Waals surface area contributed by atoms with Crippen molar-refractivity contribution in [3.05, 3.63) is 35.9 Å². The van der Waals surface area contributed by atoms with Gasteiger partial charge in [0.15, 0.2) is 6.29 Å². The molecule has 0 aromatic heterocycles. The van der Waals surface area contributed by atoms with Crippen molar-refractivity contribution < 1.29 is 10.2 Å². The van der Waals surface area contributed by atoms with Gasteiger partial charge < -0.3 is 10.2 Å². The van der Waals surface area contributed by atoms with E-state index in [-0.39, 0.29) is 5.92 Å². The Labute approximate surface area is 90.0 Å². The highest BCUT2D eigenvalue weighted by molar-refractivity contribution is 5.14. The Hall–Kier alpha value is -0.900. The maximum Gasteiger partial charge on any atom is 0.155 e. The highest BCUT2D eigenvalue weighted by atomic mass is 16.5. The maximum absolute atomic E-state index is 9.06. The van der Waals surface area contributed by atoms with Crippen LogP contribution in [-0.2, 0) is 6.54 Å². The number of aliphatic hydroxyl groups excluding tert-OH is 1. The normalized spacial score (nSPS) is 22.5. The van der Waals surface area contributed by atoms with Crippen molar-refractivity contribution in [1.82, 2.24) is 4.90 Å². The molecule has 3 nitrogen and oxygen atoms in total. The van der Waals surface area contributed by atoms with E-state index in [1.54, 1.807) is 0 Å². The third-order valence-electron chi connectivity index (χ3n) is 2.98. The molecule has 1 aliphatic heterocycles. The van der Waals surface area contributed by atoms with Gasteiger partial charge in [0.05, 0.1) is 0 Å². The first-order chi connectivity index (χ1) is 7.25. The Balaban J connectivity index is 1.88. The van der Waals surface area contributed by atoms with Gasteiger partial charge in [-0.25, -0.2) is 0 Å². The Morgan fingerprint density at radius 3 is 2.60 bits per heavy atom. The van der Waals surface area contributed by atoms with Gasteiger partial charge in [-0.3, -0.25) is 4.90 Å². The average Bonchev–Trinajstić information content (AvgIpc) is 2.68. The standard InChI is InChI=1S/C12H17NO2/c14-12(15)11-6-7-13(9-11)8-10-4-2-1-3-5-10/h1-5,11-12,14-15H,6-9H2. The fourth-order valence-electron chi connectivity index (χ4n) is 2.09. The van der Waals surface area contributed by atoms with Crippen LogP contribution in [0.1, 0.15) is 12.0 Å². The van der Waals surface area contributed by atoms with Crippen molar-refractivity contribution in [3.8, 4) is 0 Å². The minimum absolute atomic E-state index is 0.0220. The van der Waals surface area contributed by atoms with Gasteiger partial charge in [0.25, 0.3) is 0 Å². The third kappa shape index (κ3) is 2.78. The molecule has 15 heavy (non-hydrogen) atoms. The van der Waals surface area contributed by atoms with Crippen LogP contribution >= 0.6 is 0 Å². The van der Waals surface area contributed by atoms with Gasteiger partial charge in [-0.2, -0.15) is 0 Å². The molecule has 1 atom stereocenters. The van der Waals surface area contributed by atoms with Crippen LogP contribution in [-0.4, -0.2) is 34.5 Å². The van der Waals surface area contributed by atoms with Gasteiger partial charge in [0, 0.05) is 19.0 Å². The second kappa shape index (κ2) is 4.75. The smallest absolute Gasteiger partial charge is 0.155 e. The largest absolute Gasteiger partial charge is 0.368 e. The molecule has 0 bridgehead atoms. The first-order valence-corrected chi connectivity index (χ1v) is 5.38. The lowest BCUT2D eigenvalue weighted by Gasteiger charge is -2.16. The zero-order valence-corrected chi connectivity index (χ0v) is 8.71. The summed E-state index contributed by atoms with van der Waals surface area (Å²) in [6, 6.07) is 10.3. The first-order valence-electron chi connectivity index (χ1n) is 5.38. The summed E-state index contributed by atoms with van der Waals surface area (Å²) in [6.07, 6.45) is -0.282. The summed E-state index contributed by atoms with van der Waals surface area (Å²) < 4.78 is 0. The molecule has 0 radical (unpaired) electrons. The molecule has 1 saturated heterocycles. The topological polar surface area (TPSA) is 43.7 Å². The number of benzene rings is 1. The van der Waals surface area contributed by atoms with E-state index < -0.39 is 6.29 Å². The summed E-state index contributed by atoms with van der Waals surface area (Å²) in [4.78, 5) is 2.26. The second-order valence-corrected chi connectivity index (χ2v) is 4.18. The molecule has 1 aliphatic rings. The summed E-state index contributed by atoms with van der Waals surface area (Å²) in [5, 5.41) is 18.1. The SMILES string of the molecule is OC(O)C1CCN(Cc2ccccc2)C1. The number of likely N-dealkylation sites (tertiary alicyclic amines) is 1. The predicted octanol–water partition coefficient (Wildman–Crippen LogP) is 0.819. The van der Waals surface area contributed by atoms with Crippen molar-refractivity contribution in [2.24, 2.45) is 5.92 Å². The van der Waals surface area contributed by atoms with Gasteiger partial charge in [0.2, 0.25) is 0 Å². The fourth-order valence-corrected chi connectivity index (χ4v) is 2.09. The van der Waals surface area contributed by atoms with Crippen LogP contribution in [0.3, 0.4) is 0 Å². The summed E-state index contributed by atoms with van der Waals surface area (Å²) in [7, 11) is 0. The van der Waals surface area contributed by atoms with Crippen LogP contribution in [0.4, 0.5) is 0 Å². The zero-order valence-electron chi connectivity index (χ0n) is 8.71. The van der Waals surface area contributed by atoms with Crippen molar-refractivity contribution >= 4 is 0 Å². The third-order valence-corrected chi connectivity index (χ3v) is 2.98. The van der Waals surface area contributed by atoms with E-state index in [9.17, 15) is 0 Å². The average molecular weight is 207 g/mol. The van der Waals surface area contributed by atoms with Crippen LogP contribution < -0.4 is 0 Å². The maximum atomic E-state index is 9.06. The van der Waals surface area contributed by atoms with Gasteiger partial charge in [-0.1, -0.05) is 30.3 Å². The Morgan fingerprint density at radius 1 is 1.27 bits per heavy atom. The van der Waals surface area contributed by atoms with Gasteiger partial charge in [-0.15, -0.1) is 0 Å². The second-order valence-electron chi connectivity index (χ2n) is 4.18. The van der Waals surface area contributed by atoms with Crippen LogP contribution in [0.25, 0.3) is 0 Å². The lowest BCUT2D eigenvalue weighted by Crippen LogP contribution is -2.25. The summed E-state index contributed by atoms with van der Waals surface area (Å²) in [5.41, 5.74) is 1.28. The van der Waals surface area contributed by atoms with E-state index in [2.05, 4.69) is 17.0 Å². The van der Waals surface area contributed by atoms with E-state index in [1.165, 1.54) is 5.56 Å². The highest BCUT2D eigenvalue weighted by Gasteiger charge is 2.26. The first kappa shape index (κ1) is 10.6. The van der Waals surface area contributed by atoms with Crippen molar-refractivity contribution in [2.75, 3.05) is 13.1 Å². The Kier molecular flexibility index (Phi) is 3.36. The number of hydrogen-bond donors (Lipinski definition) is 2. The number of rotatable bonds is 3. The van der Waals surface area contributed by atoms with Crippen molar-refractivity contribution in [3.63, 3.8) is 0 Å². The number of hydrogen-bond acceptors (Lipinski definition) is 3. The molecule has 1 aromatic rings. The minimum Gasteiger partial charge on any atom is -0.368 e. The lowest BCUT2D eigenvalue weighted by atomic mass is 10.1. The van der Waals surface area contributed by atoms with E-state index in [4.69, 9.17) is 10.2 Å². The highest BCUT2D eigenvalue weighted by Crippen LogP contribution is 2.20. The molecular formula is C12H17NO2. The Morgan fingerprint density at radius 2 is 2.00 bits per heavy atom. The molecule has 0 spiro atoms. The molecule has 1 fully saturated rings. The molecule has 1 aromatic carbocycles. The lowest BCUT2D eigenvalue weighted by molar-refractivity contribution is -0.0801. The summed E-state index contributed by atoms with van der Waals surface area (Å²) >= 11 is 0. The predicted molar refractivity (Wildman–Crippen MR) is 58.1 cm³/mol. The molecule has 82 valence electrons. The van der Waals surface area contributed by atoms with Crippen molar-refractivity contribution in [1.29, 1.82) is 0 Å². The summed E-state index contributed by atoms with van der Waals surface area (Å²) in [6.45, 7) is 2.65. The Bertz CT molecular complexity index is 300. The fraction of sp³-hybridized carbons (Fsp3) is 0.500. The molecule has 0 amide bonds. The van der Waals surface area contributed by atoms with Crippen LogP contribution in [0, 0.1) is 5.92 Å². The van der Waals surface area contributed by atoms with Gasteiger partial charge >= 0.3 is 0 Å². The molecule has 2 N–H and O–H groups in total. The van der Waals surface area contributed by atoms with Gasteiger partial charge in [0.1, 0.15) is 0 Å². The van der Waals surface area contributed by atoms with Crippen molar-refractivity contribution in [2.45, 2.75) is 19.3 Å². The molecular weight excluding hydrogens is 190 g/mol. The molecule has 1 heterocycles. The van der Waals surface area contributed by atoms with Gasteiger partial charge in [-0.05, 0) is 18.5 Å². The van der Waals surface area contributed by atoms with E-state index in [1.807, 2.05) is 18.2 Å². The molecule has 0 saturated carbocycles. The van der Waals surface area contributed by atoms with E-state index in [0.717, 1.165) is 26.1 Å². The number of nitrogens with zero attached hydrogens (tertiary/aromatic N) is 1. The van der Waals surface area contributed by atoms with E-state index >= 15 is 0 Å². The number of aliphatic hydroxyl groups is 2. The van der Waals surface area contributed by atoms with Crippen LogP contribution in [0.2, 0.25) is 0 Å². The minimum atomic E-state index is -1.16. The molecule has 1 unspecified atom stereocenters. The van der Waals surface area contributed by atoms with E-state index in [0.29, 0.717) is 0 Å². The van der Waals surface area contributed by atoms with Crippen LogP contribution in [0.15, 0.2) is 30.3 Å². The zero-order chi connectivity index (χ0) is 10.7. The molecule has 0 aliphatic carbocycles. The van der Waals surface area contributed by atoms with Crippen LogP contribution in [0.5, 0.6) is 0 Å².